The maximum atomic E-state index is 12.1. The molecule has 3 nitrogen and oxygen atoms in total. The van der Waals surface area contributed by atoms with Crippen LogP contribution in [-0.2, 0) is 4.79 Å². The van der Waals surface area contributed by atoms with E-state index in [-0.39, 0.29) is 5.17 Å². The largest absolute Gasteiger partial charge is 0.323 e. The van der Waals surface area contributed by atoms with Gasteiger partial charge >= 0.3 is 0 Å². The van der Waals surface area contributed by atoms with Crippen molar-refractivity contribution in [1.82, 2.24) is 0 Å². The van der Waals surface area contributed by atoms with E-state index in [1.807, 2.05) is 12.1 Å². The fourth-order valence-corrected chi connectivity index (χ4v) is 1.87. The average Bonchev–Trinajstić information content (AvgIpc) is 2.49. The summed E-state index contributed by atoms with van der Waals surface area (Å²) in [7, 11) is 0. The Hall–Kier alpha value is -1.55. The SMILES string of the molecule is O=C(Nc1ccccc1)C(Cl)(Cl)/C(Cl)=N\c1ccccc1. The number of halogens is 3. The van der Waals surface area contributed by atoms with Gasteiger partial charge in [0, 0.05) is 5.69 Å². The van der Waals surface area contributed by atoms with Gasteiger partial charge in [-0.2, -0.15) is 0 Å². The van der Waals surface area contributed by atoms with Crippen molar-refractivity contribution in [3.05, 3.63) is 60.7 Å². The first-order valence-electron chi connectivity index (χ1n) is 6.04. The fraction of sp³-hybridized carbons (Fsp3) is 0.0667. The summed E-state index contributed by atoms with van der Waals surface area (Å²) < 4.78 is -1.97. The first-order valence-corrected chi connectivity index (χ1v) is 7.17. The number of amides is 1. The van der Waals surface area contributed by atoms with Gasteiger partial charge < -0.3 is 5.32 Å². The van der Waals surface area contributed by atoms with Crippen LogP contribution < -0.4 is 5.32 Å². The number of carbonyl (C=O) groups excluding carboxylic acids is 1. The molecule has 0 aliphatic rings. The maximum absolute atomic E-state index is 12.1. The summed E-state index contributed by atoms with van der Waals surface area (Å²) in [6.07, 6.45) is 0. The molecule has 0 saturated carbocycles. The number of para-hydroxylation sites is 2. The van der Waals surface area contributed by atoms with Crippen molar-refractivity contribution in [2.75, 3.05) is 5.32 Å². The molecule has 1 N–H and O–H groups in total. The minimum absolute atomic E-state index is 0.217. The summed E-state index contributed by atoms with van der Waals surface area (Å²) in [4.78, 5) is 16.2. The number of rotatable bonds is 4. The van der Waals surface area contributed by atoms with Crippen LogP contribution in [0.4, 0.5) is 11.4 Å². The Morgan fingerprint density at radius 3 is 2.05 bits per heavy atom. The monoisotopic (exact) mass is 340 g/mol. The number of alkyl halides is 2. The average molecular weight is 342 g/mol. The summed E-state index contributed by atoms with van der Waals surface area (Å²) in [5, 5.41) is 2.36. The quantitative estimate of drug-likeness (QED) is 0.632. The standard InChI is InChI=1S/C15H11Cl3N2O/c16-13(19-11-7-3-1-4-8-11)15(17,18)14(21)20-12-9-5-2-6-10-12/h1-10H,(H,20,21)/b19-13+. The molecule has 6 heteroatoms. The summed E-state index contributed by atoms with van der Waals surface area (Å²) >= 11 is 18.0. The van der Waals surface area contributed by atoms with Gasteiger partial charge in [0.05, 0.1) is 5.69 Å². The molecule has 1 amide bonds. The third kappa shape index (κ3) is 4.21. The van der Waals surface area contributed by atoms with Crippen LogP contribution in [0.2, 0.25) is 0 Å². The van der Waals surface area contributed by atoms with Gasteiger partial charge in [0.2, 0.25) is 4.33 Å². The van der Waals surface area contributed by atoms with Crippen LogP contribution in [0.25, 0.3) is 0 Å². The molecule has 21 heavy (non-hydrogen) atoms. The predicted octanol–water partition coefficient (Wildman–Crippen LogP) is 4.77. The molecule has 0 saturated heterocycles. The zero-order valence-electron chi connectivity index (χ0n) is 10.8. The Balaban J connectivity index is 2.17. The highest BCUT2D eigenvalue weighted by atomic mass is 35.5. The number of carbonyl (C=O) groups is 1. The summed E-state index contributed by atoms with van der Waals surface area (Å²) in [6, 6.07) is 17.7. The number of aliphatic imine (C=N–C) groups is 1. The first kappa shape index (κ1) is 15.8. The van der Waals surface area contributed by atoms with Gasteiger partial charge in [-0.1, -0.05) is 71.2 Å². The van der Waals surface area contributed by atoms with Crippen LogP contribution in [0, 0.1) is 0 Å². The number of benzene rings is 2. The van der Waals surface area contributed by atoms with Crippen molar-refractivity contribution in [1.29, 1.82) is 0 Å². The lowest BCUT2D eigenvalue weighted by Crippen LogP contribution is -2.37. The second-order valence-corrected chi connectivity index (χ2v) is 5.82. The molecular weight excluding hydrogens is 331 g/mol. The van der Waals surface area contributed by atoms with Crippen molar-refractivity contribution >= 4 is 57.3 Å². The normalized spacial score (nSPS) is 12.0. The molecule has 0 aliphatic heterocycles. The van der Waals surface area contributed by atoms with E-state index in [0.29, 0.717) is 11.4 Å². The summed E-state index contributed by atoms with van der Waals surface area (Å²) in [5.74, 6) is -0.665. The van der Waals surface area contributed by atoms with Crippen molar-refractivity contribution in [3.63, 3.8) is 0 Å². The van der Waals surface area contributed by atoms with Gasteiger partial charge in [0.25, 0.3) is 5.91 Å². The highest BCUT2D eigenvalue weighted by Crippen LogP contribution is 2.29. The van der Waals surface area contributed by atoms with E-state index < -0.39 is 10.2 Å². The topological polar surface area (TPSA) is 41.5 Å². The molecule has 0 spiro atoms. The third-order valence-corrected chi connectivity index (χ3v) is 3.82. The van der Waals surface area contributed by atoms with Crippen LogP contribution >= 0.6 is 34.8 Å². The van der Waals surface area contributed by atoms with Gasteiger partial charge in [-0.05, 0) is 24.3 Å². The molecule has 0 radical (unpaired) electrons. The van der Waals surface area contributed by atoms with Gasteiger partial charge in [-0.3, -0.25) is 4.79 Å². The van der Waals surface area contributed by atoms with Crippen molar-refractivity contribution < 1.29 is 4.79 Å². The van der Waals surface area contributed by atoms with Crippen LogP contribution in [0.3, 0.4) is 0 Å². The van der Waals surface area contributed by atoms with E-state index >= 15 is 0 Å². The van der Waals surface area contributed by atoms with Crippen LogP contribution in [0.15, 0.2) is 65.7 Å². The van der Waals surface area contributed by atoms with E-state index in [1.165, 1.54) is 0 Å². The smallest absolute Gasteiger partial charge is 0.268 e. The highest BCUT2D eigenvalue weighted by Gasteiger charge is 2.39. The molecule has 0 aliphatic carbocycles. The number of nitrogens with one attached hydrogen (secondary N) is 1. The number of anilines is 1. The molecule has 2 aromatic carbocycles. The van der Waals surface area contributed by atoms with Crippen LogP contribution in [0.5, 0.6) is 0 Å². The van der Waals surface area contributed by atoms with Crippen molar-refractivity contribution in [3.8, 4) is 0 Å². The second kappa shape index (κ2) is 6.94. The second-order valence-electron chi connectivity index (χ2n) is 4.13. The zero-order chi connectivity index (χ0) is 15.3. The van der Waals surface area contributed by atoms with Crippen molar-refractivity contribution in [2.24, 2.45) is 4.99 Å². The van der Waals surface area contributed by atoms with E-state index in [4.69, 9.17) is 34.8 Å². The molecule has 108 valence electrons. The Bertz CT molecular complexity index is 642. The summed E-state index contributed by atoms with van der Waals surface area (Å²) in [5.41, 5.74) is 1.12. The van der Waals surface area contributed by atoms with E-state index in [2.05, 4.69) is 10.3 Å². The lowest BCUT2D eigenvalue weighted by Gasteiger charge is -2.17. The molecule has 0 atom stereocenters. The Morgan fingerprint density at radius 2 is 1.48 bits per heavy atom. The minimum atomic E-state index is -1.97. The van der Waals surface area contributed by atoms with Gasteiger partial charge in [-0.15, -0.1) is 0 Å². The van der Waals surface area contributed by atoms with E-state index in [9.17, 15) is 4.79 Å². The molecule has 0 bridgehead atoms. The number of hydrogen-bond donors (Lipinski definition) is 1. The lowest BCUT2D eigenvalue weighted by atomic mass is 10.3. The van der Waals surface area contributed by atoms with Gasteiger partial charge in [-0.25, -0.2) is 4.99 Å². The molecular formula is C15H11Cl3N2O. The van der Waals surface area contributed by atoms with Gasteiger partial charge in [0.1, 0.15) is 0 Å². The third-order valence-electron chi connectivity index (χ3n) is 2.56. The van der Waals surface area contributed by atoms with E-state index in [1.54, 1.807) is 48.5 Å². The predicted molar refractivity (Wildman–Crippen MR) is 88.9 cm³/mol. The van der Waals surface area contributed by atoms with Crippen LogP contribution in [0.1, 0.15) is 0 Å². The first-order chi connectivity index (χ1) is 10.00. The molecule has 0 fully saturated rings. The molecule has 0 heterocycles. The zero-order valence-corrected chi connectivity index (χ0v) is 13.0. The fourth-order valence-electron chi connectivity index (χ4n) is 1.51. The Morgan fingerprint density at radius 1 is 0.952 bits per heavy atom. The Kier molecular flexibility index (Phi) is 5.23. The van der Waals surface area contributed by atoms with Gasteiger partial charge in [0.15, 0.2) is 5.17 Å². The number of hydrogen-bond acceptors (Lipinski definition) is 2. The molecule has 2 aromatic rings. The van der Waals surface area contributed by atoms with E-state index in [0.717, 1.165) is 0 Å². The van der Waals surface area contributed by atoms with Crippen LogP contribution in [-0.4, -0.2) is 15.4 Å². The lowest BCUT2D eigenvalue weighted by molar-refractivity contribution is -0.115. The molecule has 0 unspecified atom stereocenters. The number of nitrogens with zero attached hydrogens (tertiary/aromatic N) is 1. The Labute approximate surface area is 137 Å². The molecule has 0 aromatic heterocycles. The molecule has 2 rings (SSSR count). The summed E-state index contributed by atoms with van der Waals surface area (Å²) in [6.45, 7) is 0. The van der Waals surface area contributed by atoms with Crippen molar-refractivity contribution in [2.45, 2.75) is 4.33 Å². The maximum Gasteiger partial charge on any atom is 0.268 e. The highest BCUT2D eigenvalue weighted by molar-refractivity contribution is 6.85. The minimum Gasteiger partial charge on any atom is -0.323 e.